The number of piperazine rings is 1. The summed E-state index contributed by atoms with van der Waals surface area (Å²) >= 11 is 0. The number of hydrogen-bond acceptors (Lipinski definition) is 7. The van der Waals surface area contributed by atoms with Crippen molar-refractivity contribution in [3.63, 3.8) is 0 Å². The topological polar surface area (TPSA) is 151 Å². The number of aryl methyl sites for hydroxylation is 1. The van der Waals surface area contributed by atoms with Crippen LogP contribution in [0.5, 0.6) is 0 Å². The van der Waals surface area contributed by atoms with E-state index in [1.165, 1.54) is 28.6 Å². The lowest BCUT2D eigenvalue weighted by molar-refractivity contribution is 0.0698. The van der Waals surface area contributed by atoms with Gasteiger partial charge in [0.15, 0.2) is 0 Å². The van der Waals surface area contributed by atoms with Crippen LogP contribution in [0.15, 0.2) is 53.4 Å². The first-order valence-corrected chi connectivity index (χ1v) is 16.9. The van der Waals surface area contributed by atoms with Crippen molar-refractivity contribution in [3.05, 3.63) is 76.6 Å². The molecule has 1 aliphatic carbocycles. The minimum atomic E-state index is -3.97. The van der Waals surface area contributed by atoms with Crippen molar-refractivity contribution in [1.82, 2.24) is 24.3 Å². The number of anilines is 1. The van der Waals surface area contributed by atoms with Crippen LogP contribution < -0.4 is 10.0 Å². The van der Waals surface area contributed by atoms with Crippen molar-refractivity contribution in [3.8, 4) is 0 Å². The van der Waals surface area contributed by atoms with Crippen molar-refractivity contribution < 1.29 is 26.4 Å². The zero-order chi connectivity index (χ0) is 30.2. The van der Waals surface area contributed by atoms with E-state index in [1.54, 1.807) is 35.7 Å². The number of amides is 2. The minimum absolute atomic E-state index is 0.0123. The average Bonchev–Trinajstić information content (AvgIpc) is 3.73. The van der Waals surface area contributed by atoms with Crippen LogP contribution in [0.2, 0.25) is 0 Å². The van der Waals surface area contributed by atoms with Crippen LogP contribution in [0, 0.1) is 6.92 Å². The van der Waals surface area contributed by atoms with E-state index in [-0.39, 0.29) is 49.4 Å². The molecule has 0 radical (unpaired) electrons. The van der Waals surface area contributed by atoms with Crippen LogP contribution in [0.3, 0.4) is 0 Å². The normalized spacial score (nSPS) is 16.3. The highest BCUT2D eigenvalue weighted by Gasteiger charge is 2.29. The molecule has 5 rings (SSSR count). The fourth-order valence-electron chi connectivity index (χ4n) is 4.92. The molecule has 0 bridgehead atoms. The Balaban J connectivity index is 1.22. The molecule has 2 amide bonds. The first-order valence-electron chi connectivity index (χ1n) is 13.6. The van der Waals surface area contributed by atoms with Gasteiger partial charge in [0.25, 0.3) is 21.8 Å². The zero-order valence-electron chi connectivity index (χ0n) is 23.7. The summed E-state index contributed by atoms with van der Waals surface area (Å²) in [7, 11) is -5.54. The van der Waals surface area contributed by atoms with E-state index >= 15 is 0 Å². The van der Waals surface area contributed by atoms with Gasteiger partial charge in [-0.1, -0.05) is 12.1 Å². The molecule has 2 aliphatic rings. The third-order valence-electron chi connectivity index (χ3n) is 7.66. The van der Waals surface area contributed by atoms with Gasteiger partial charge in [-0.2, -0.15) is 9.40 Å². The number of sulfonamides is 2. The highest BCUT2D eigenvalue weighted by atomic mass is 32.2. The molecule has 224 valence electrons. The molecule has 1 aliphatic heterocycles. The molecule has 1 saturated carbocycles. The molecular formula is C28H34N6O6S2. The Morgan fingerprint density at radius 1 is 0.976 bits per heavy atom. The van der Waals surface area contributed by atoms with Crippen molar-refractivity contribution in [1.29, 1.82) is 0 Å². The molecule has 2 N–H and O–H groups in total. The fourth-order valence-corrected chi connectivity index (χ4v) is 6.87. The Kier molecular flexibility index (Phi) is 8.14. The highest BCUT2D eigenvalue weighted by molar-refractivity contribution is 7.92. The maximum Gasteiger partial charge on any atom is 0.269 e. The number of carbonyl (C=O) groups is 2. The second-order valence-electron chi connectivity index (χ2n) is 10.7. The lowest BCUT2D eigenvalue weighted by atomic mass is 10.1. The molecule has 12 nitrogen and oxygen atoms in total. The first-order chi connectivity index (χ1) is 19.8. The second-order valence-corrected chi connectivity index (χ2v) is 14.4. The van der Waals surface area contributed by atoms with Crippen LogP contribution in [-0.4, -0.2) is 80.1 Å². The third kappa shape index (κ3) is 6.50. The molecule has 1 saturated heterocycles. The summed E-state index contributed by atoms with van der Waals surface area (Å²) in [6.45, 7) is 2.93. The number of aromatic nitrogens is 2. The van der Waals surface area contributed by atoms with Crippen LogP contribution in [-0.2, 0) is 33.6 Å². The summed E-state index contributed by atoms with van der Waals surface area (Å²) in [5.74, 6) is -0.110. The smallest absolute Gasteiger partial charge is 0.269 e. The van der Waals surface area contributed by atoms with Crippen molar-refractivity contribution in [2.75, 3.05) is 37.2 Å². The van der Waals surface area contributed by atoms with Gasteiger partial charge in [0.2, 0.25) is 10.0 Å². The number of carbonyl (C=O) groups excluding carboxylic acids is 2. The van der Waals surface area contributed by atoms with Gasteiger partial charge in [-0.3, -0.25) is 19.0 Å². The summed E-state index contributed by atoms with van der Waals surface area (Å²) < 4.78 is 55.3. The van der Waals surface area contributed by atoms with E-state index < -0.39 is 20.0 Å². The molecule has 2 heterocycles. The lowest BCUT2D eigenvalue weighted by Crippen LogP contribution is -2.50. The second kappa shape index (κ2) is 11.5. The number of hydrogen-bond donors (Lipinski definition) is 2. The monoisotopic (exact) mass is 614 g/mol. The average molecular weight is 615 g/mol. The Bertz CT molecular complexity index is 1720. The molecule has 2 aromatic carbocycles. The summed E-state index contributed by atoms with van der Waals surface area (Å²) in [5.41, 5.74) is 3.52. The van der Waals surface area contributed by atoms with Crippen LogP contribution in [0.25, 0.3) is 0 Å². The summed E-state index contributed by atoms with van der Waals surface area (Å²) in [4.78, 5) is 27.2. The lowest BCUT2D eigenvalue weighted by Gasteiger charge is -2.33. The van der Waals surface area contributed by atoms with Gasteiger partial charge in [0, 0.05) is 51.3 Å². The van der Waals surface area contributed by atoms with Gasteiger partial charge in [-0.05, 0) is 67.3 Å². The molecule has 42 heavy (non-hydrogen) atoms. The van der Waals surface area contributed by atoms with E-state index in [4.69, 9.17) is 0 Å². The molecule has 14 heteroatoms. The van der Waals surface area contributed by atoms with Crippen molar-refractivity contribution in [2.45, 2.75) is 37.1 Å². The third-order valence-corrected chi connectivity index (χ3v) is 10.3. The first kappa shape index (κ1) is 29.7. The Morgan fingerprint density at radius 2 is 1.64 bits per heavy atom. The van der Waals surface area contributed by atoms with E-state index in [9.17, 15) is 26.4 Å². The molecule has 2 fully saturated rings. The van der Waals surface area contributed by atoms with Crippen LogP contribution in [0.1, 0.15) is 56.4 Å². The Labute approximate surface area is 245 Å². The molecule has 3 aromatic rings. The minimum Gasteiger partial charge on any atom is -0.347 e. The molecule has 0 atom stereocenters. The summed E-state index contributed by atoms with van der Waals surface area (Å²) in [6, 6.07) is 12.6. The summed E-state index contributed by atoms with van der Waals surface area (Å²) in [5, 5.41) is 7.33. The summed E-state index contributed by atoms with van der Waals surface area (Å²) in [6.07, 6.45) is 3.32. The number of benzene rings is 2. The molecular weight excluding hydrogens is 580 g/mol. The van der Waals surface area contributed by atoms with Gasteiger partial charge in [-0.15, -0.1) is 0 Å². The van der Waals surface area contributed by atoms with Gasteiger partial charge in [-0.25, -0.2) is 16.8 Å². The maximum atomic E-state index is 13.2. The van der Waals surface area contributed by atoms with E-state index in [2.05, 4.69) is 15.1 Å². The molecule has 0 unspecified atom stereocenters. The largest absolute Gasteiger partial charge is 0.347 e. The predicted octanol–water partition coefficient (Wildman–Crippen LogP) is 2.05. The van der Waals surface area contributed by atoms with E-state index in [0.717, 1.165) is 30.4 Å². The SMILES string of the molecule is Cc1c(CNC(=O)c2cc(C3CC3)nn2C)cccc1NS(=O)(=O)c1ccc(C(=O)N2CCN(S(C)(=O)=O)CC2)cc1. The number of nitrogens with zero attached hydrogens (tertiary/aromatic N) is 4. The van der Waals surface area contributed by atoms with Crippen molar-refractivity contribution in [2.24, 2.45) is 7.05 Å². The Hall–Kier alpha value is -3.75. The van der Waals surface area contributed by atoms with Gasteiger partial charge >= 0.3 is 0 Å². The number of nitrogens with one attached hydrogen (secondary N) is 2. The maximum absolute atomic E-state index is 13.2. The van der Waals surface area contributed by atoms with Gasteiger partial charge < -0.3 is 10.2 Å². The van der Waals surface area contributed by atoms with Crippen LogP contribution in [0.4, 0.5) is 5.69 Å². The van der Waals surface area contributed by atoms with Gasteiger partial charge in [0.1, 0.15) is 5.69 Å². The van der Waals surface area contributed by atoms with E-state index in [0.29, 0.717) is 28.4 Å². The fraction of sp³-hybridized carbons (Fsp3) is 0.393. The quantitative estimate of drug-likeness (QED) is 0.375. The molecule has 0 spiro atoms. The van der Waals surface area contributed by atoms with Crippen molar-refractivity contribution >= 4 is 37.5 Å². The van der Waals surface area contributed by atoms with Gasteiger partial charge in [0.05, 0.1) is 22.5 Å². The van der Waals surface area contributed by atoms with Crippen LogP contribution >= 0.6 is 0 Å². The predicted molar refractivity (Wildman–Crippen MR) is 157 cm³/mol. The standard InChI is InChI=1S/C28H34N6O6S2/c1-19-22(18-29-27(35)26-17-25(20-7-8-20)30-32(26)2)5-4-6-24(19)31-42(39,40)23-11-9-21(10-12-23)28(36)33-13-15-34(16-14-33)41(3,37)38/h4-6,9-12,17,20,31H,7-8,13-16,18H2,1-3H3,(H,29,35). The Morgan fingerprint density at radius 3 is 2.26 bits per heavy atom. The number of rotatable bonds is 9. The van der Waals surface area contributed by atoms with E-state index in [1.807, 2.05) is 12.1 Å². The highest BCUT2D eigenvalue weighted by Crippen LogP contribution is 2.39. The molecule has 1 aromatic heterocycles. The zero-order valence-corrected chi connectivity index (χ0v) is 25.3.